The summed E-state index contributed by atoms with van der Waals surface area (Å²) in [6, 6.07) is 4.44. The van der Waals surface area contributed by atoms with Crippen LogP contribution in [0.15, 0.2) is 23.1 Å². The molecule has 2 fully saturated rings. The number of sulfonamides is 1. The number of amides is 1. The first-order chi connectivity index (χ1) is 13.0. The summed E-state index contributed by atoms with van der Waals surface area (Å²) >= 11 is 6.03. The van der Waals surface area contributed by atoms with Crippen LogP contribution in [0.1, 0.15) is 25.7 Å². The molecule has 2 aliphatic heterocycles. The number of hydrogen-bond donors (Lipinski definition) is 0. The van der Waals surface area contributed by atoms with E-state index in [2.05, 4.69) is 0 Å². The Morgan fingerprint density at radius 2 is 1.74 bits per heavy atom. The molecule has 150 valence electrons. The maximum atomic E-state index is 13.0. The highest BCUT2D eigenvalue weighted by Crippen LogP contribution is 2.30. The highest BCUT2D eigenvalue weighted by atomic mass is 35.5. The van der Waals surface area contributed by atoms with Crippen molar-refractivity contribution >= 4 is 27.5 Å². The van der Waals surface area contributed by atoms with E-state index in [4.69, 9.17) is 21.1 Å². The SMILES string of the molecule is O=C(COc1ccc(Cl)cc1S(=O)(=O)N1CCOCC1)N1CCCCCC1. The van der Waals surface area contributed by atoms with Crippen LogP contribution in [0.25, 0.3) is 0 Å². The minimum Gasteiger partial charge on any atom is -0.482 e. The number of ether oxygens (including phenoxy) is 2. The average Bonchev–Trinajstić information content (AvgIpc) is 2.97. The van der Waals surface area contributed by atoms with Gasteiger partial charge in [0.15, 0.2) is 6.61 Å². The lowest BCUT2D eigenvalue weighted by Crippen LogP contribution is -2.41. The molecular weight excluding hydrogens is 392 g/mol. The zero-order chi connectivity index (χ0) is 19.3. The van der Waals surface area contributed by atoms with Crippen LogP contribution in [0.2, 0.25) is 5.02 Å². The quantitative estimate of drug-likeness (QED) is 0.735. The van der Waals surface area contributed by atoms with Crippen LogP contribution in [0.5, 0.6) is 5.75 Å². The average molecular weight is 417 g/mol. The van der Waals surface area contributed by atoms with E-state index in [1.807, 2.05) is 0 Å². The highest BCUT2D eigenvalue weighted by Gasteiger charge is 2.30. The maximum absolute atomic E-state index is 13.0. The number of likely N-dealkylation sites (tertiary alicyclic amines) is 1. The van der Waals surface area contributed by atoms with Gasteiger partial charge in [0.2, 0.25) is 10.0 Å². The molecule has 0 radical (unpaired) electrons. The van der Waals surface area contributed by atoms with Gasteiger partial charge >= 0.3 is 0 Å². The van der Waals surface area contributed by atoms with Gasteiger partial charge in [-0.05, 0) is 31.0 Å². The summed E-state index contributed by atoms with van der Waals surface area (Å²) in [5.74, 6) is 0.0237. The van der Waals surface area contributed by atoms with Gasteiger partial charge in [-0.1, -0.05) is 24.4 Å². The molecule has 9 heteroatoms. The number of carbonyl (C=O) groups excluding carboxylic acids is 1. The summed E-state index contributed by atoms with van der Waals surface area (Å²) in [5, 5.41) is 0.299. The topological polar surface area (TPSA) is 76.2 Å². The predicted molar refractivity (Wildman–Crippen MR) is 102 cm³/mol. The zero-order valence-electron chi connectivity index (χ0n) is 15.2. The first kappa shape index (κ1) is 20.4. The predicted octanol–water partition coefficient (Wildman–Crippen LogP) is 2.14. The Labute approximate surface area is 165 Å². The fraction of sp³-hybridized carbons (Fsp3) is 0.611. The molecule has 0 atom stereocenters. The van der Waals surface area contributed by atoms with Gasteiger partial charge in [-0.25, -0.2) is 8.42 Å². The molecule has 0 aromatic heterocycles. The Morgan fingerprint density at radius 3 is 2.41 bits per heavy atom. The van der Waals surface area contributed by atoms with Crippen LogP contribution >= 0.6 is 11.6 Å². The lowest BCUT2D eigenvalue weighted by molar-refractivity contribution is -0.133. The number of halogens is 1. The summed E-state index contributed by atoms with van der Waals surface area (Å²) in [7, 11) is -3.77. The molecule has 0 aliphatic carbocycles. The van der Waals surface area contributed by atoms with E-state index < -0.39 is 10.0 Å². The van der Waals surface area contributed by atoms with Gasteiger partial charge in [0.1, 0.15) is 10.6 Å². The minimum absolute atomic E-state index is 0.0134. The number of morpholine rings is 1. The molecule has 1 aromatic carbocycles. The lowest BCUT2D eigenvalue weighted by Gasteiger charge is -2.27. The first-order valence-corrected chi connectivity index (χ1v) is 11.1. The van der Waals surface area contributed by atoms with Gasteiger partial charge in [0.25, 0.3) is 5.91 Å². The van der Waals surface area contributed by atoms with Gasteiger partial charge < -0.3 is 14.4 Å². The van der Waals surface area contributed by atoms with Crippen LogP contribution in [-0.2, 0) is 19.6 Å². The van der Waals surface area contributed by atoms with Crippen molar-refractivity contribution < 1.29 is 22.7 Å². The fourth-order valence-corrected chi connectivity index (χ4v) is 5.08. The second kappa shape index (κ2) is 9.23. The molecule has 0 spiro atoms. The van der Waals surface area contributed by atoms with Gasteiger partial charge in [-0.3, -0.25) is 4.79 Å². The van der Waals surface area contributed by atoms with Crippen LogP contribution in [0.3, 0.4) is 0 Å². The van der Waals surface area contributed by atoms with Crippen molar-refractivity contribution in [3.8, 4) is 5.75 Å². The van der Waals surface area contributed by atoms with E-state index in [1.165, 1.54) is 16.4 Å². The molecule has 1 amide bonds. The number of hydrogen-bond acceptors (Lipinski definition) is 5. The summed E-state index contributed by atoms with van der Waals surface area (Å²) in [6.07, 6.45) is 4.24. The Balaban J connectivity index is 1.74. The van der Waals surface area contributed by atoms with Crippen LogP contribution < -0.4 is 4.74 Å². The molecule has 2 saturated heterocycles. The molecule has 0 saturated carbocycles. The molecule has 0 bridgehead atoms. The van der Waals surface area contributed by atoms with Crippen molar-refractivity contribution in [2.75, 3.05) is 46.0 Å². The Morgan fingerprint density at radius 1 is 1.07 bits per heavy atom. The van der Waals surface area contributed by atoms with E-state index in [1.54, 1.807) is 11.0 Å². The maximum Gasteiger partial charge on any atom is 0.260 e. The van der Waals surface area contributed by atoms with Crippen molar-refractivity contribution in [3.05, 3.63) is 23.2 Å². The first-order valence-electron chi connectivity index (χ1n) is 9.26. The normalized spacial score (nSPS) is 19.5. The molecule has 3 rings (SSSR count). The van der Waals surface area contributed by atoms with Crippen LogP contribution in [-0.4, -0.2) is 69.5 Å². The summed E-state index contributed by atoms with van der Waals surface area (Å²) in [5.41, 5.74) is 0. The van der Waals surface area contributed by atoms with E-state index in [9.17, 15) is 13.2 Å². The van der Waals surface area contributed by atoms with E-state index in [-0.39, 0.29) is 36.2 Å². The molecule has 2 aliphatic rings. The molecule has 0 N–H and O–H groups in total. The number of benzene rings is 1. The molecule has 1 aromatic rings. The molecule has 7 nitrogen and oxygen atoms in total. The molecule has 2 heterocycles. The summed E-state index contributed by atoms with van der Waals surface area (Å²) < 4.78 is 38.2. The van der Waals surface area contributed by atoms with Gasteiger partial charge in [0, 0.05) is 31.2 Å². The van der Waals surface area contributed by atoms with Crippen molar-refractivity contribution in [1.29, 1.82) is 0 Å². The second-order valence-corrected chi connectivity index (χ2v) is 9.03. The van der Waals surface area contributed by atoms with E-state index in [0.29, 0.717) is 18.2 Å². The van der Waals surface area contributed by atoms with E-state index in [0.717, 1.165) is 38.8 Å². The summed E-state index contributed by atoms with van der Waals surface area (Å²) in [4.78, 5) is 14.2. The zero-order valence-corrected chi connectivity index (χ0v) is 16.8. The van der Waals surface area contributed by atoms with E-state index >= 15 is 0 Å². The van der Waals surface area contributed by atoms with Crippen LogP contribution in [0, 0.1) is 0 Å². The monoisotopic (exact) mass is 416 g/mol. The standard InChI is InChI=1S/C18H25ClN2O5S/c19-15-5-6-16(26-14-18(22)20-7-3-1-2-4-8-20)17(13-15)27(23,24)21-9-11-25-12-10-21/h5-6,13H,1-4,7-12,14H2. The largest absolute Gasteiger partial charge is 0.482 e. The van der Waals surface area contributed by atoms with Gasteiger partial charge in [0.05, 0.1) is 13.2 Å². The third kappa shape index (κ3) is 5.13. The van der Waals surface area contributed by atoms with Crippen molar-refractivity contribution in [2.45, 2.75) is 30.6 Å². The fourth-order valence-electron chi connectivity index (χ4n) is 3.28. The van der Waals surface area contributed by atoms with Crippen molar-refractivity contribution in [1.82, 2.24) is 9.21 Å². The Bertz CT molecular complexity index is 757. The Kier molecular flexibility index (Phi) is 6.97. The molecule has 0 unspecified atom stereocenters. The third-order valence-electron chi connectivity index (χ3n) is 4.80. The number of nitrogens with zero attached hydrogens (tertiary/aromatic N) is 2. The molecule has 27 heavy (non-hydrogen) atoms. The second-order valence-electron chi connectivity index (χ2n) is 6.69. The Hall–Kier alpha value is -1.35. The van der Waals surface area contributed by atoms with Crippen LogP contribution in [0.4, 0.5) is 0 Å². The van der Waals surface area contributed by atoms with Crippen molar-refractivity contribution in [3.63, 3.8) is 0 Å². The minimum atomic E-state index is -3.77. The number of carbonyl (C=O) groups is 1. The van der Waals surface area contributed by atoms with Gasteiger partial charge in [-0.2, -0.15) is 4.31 Å². The lowest BCUT2D eigenvalue weighted by atomic mass is 10.2. The molecular formula is C18H25ClN2O5S. The smallest absolute Gasteiger partial charge is 0.260 e. The highest BCUT2D eigenvalue weighted by molar-refractivity contribution is 7.89. The summed E-state index contributed by atoms with van der Waals surface area (Å²) in [6.45, 7) is 2.52. The van der Waals surface area contributed by atoms with Gasteiger partial charge in [-0.15, -0.1) is 0 Å². The number of rotatable bonds is 5. The van der Waals surface area contributed by atoms with Crippen molar-refractivity contribution in [2.24, 2.45) is 0 Å². The third-order valence-corrected chi connectivity index (χ3v) is 6.96.